The van der Waals surface area contributed by atoms with Crippen molar-refractivity contribution in [2.75, 3.05) is 18.6 Å². The molecule has 13 nitrogen and oxygen atoms in total. The molecule has 5 heterocycles. The van der Waals surface area contributed by atoms with Crippen LogP contribution in [0, 0.1) is 0 Å². The van der Waals surface area contributed by atoms with Crippen LogP contribution in [0.5, 0.6) is 0 Å². The number of thioether (sulfide) groups is 1. The Labute approximate surface area is 242 Å². The molecular formula is C22H22Cl2N8O5S2. The van der Waals surface area contributed by atoms with Crippen molar-refractivity contribution in [3.8, 4) is 5.69 Å². The Hall–Kier alpha value is -3.66. The third kappa shape index (κ3) is 5.85. The SMILES string of the molecule is CON=C(C(=O)N[C@@H]1C(=O)N2C(C(=O)[O-])=C(C[n+]3ccc(-n4cccn4)cc3)CS[C@@H]12)c1csc(N)n1.Cl.Cl. The number of carbonyl (C=O) groups excluding carboxylic acids is 3. The van der Waals surface area contributed by atoms with Gasteiger partial charge in [0, 0.05) is 41.2 Å². The number of pyridine rings is 1. The van der Waals surface area contributed by atoms with E-state index in [0.717, 1.165) is 21.9 Å². The van der Waals surface area contributed by atoms with Crippen molar-refractivity contribution in [3.63, 3.8) is 0 Å². The number of nitrogens with two attached hydrogens (primary N) is 1. The molecule has 2 aliphatic heterocycles. The van der Waals surface area contributed by atoms with Crippen LogP contribution in [-0.2, 0) is 25.8 Å². The summed E-state index contributed by atoms with van der Waals surface area (Å²) in [7, 11) is 1.28. The molecule has 0 bridgehead atoms. The standard InChI is InChI=1S/C22H20N8O5S2.2ClH/c1-35-27-15(14-11-37-22(23)25-14)18(31)26-16-19(32)30-17(21(33)34)12(10-36-20(16)30)9-28-7-3-13(4-8-28)29-6-2-5-24-29;;/h2-8,11,16,20H,9-10H2,1H3,(H3-,23,25,26,31,33,34);2*1H/t16-,20+;;/m1../s1. The maximum atomic E-state index is 13.0. The van der Waals surface area contributed by atoms with Gasteiger partial charge in [0.1, 0.15) is 24.2 Å². The summed E-state index contributed by atoms with van der Waals surface area (Å²) in [4.78, 5) is 47.9. The van der Waals surface area contributed by atoms with E-state index in [4.69, 9.17) is 10.6 Å². The van der Waals surface area contributed by atoms with Crippen LogP contribution in [0.2, 0.25) is 0 Å². The van der Waals surface area contributed by atoms with Gasteiger partial charge in [-0.15, -0.1) is 47.9 Å². The van der Waals surface area contributed by atoms with Gasteiger partial charge < -0.3 is 25.8 Å². The first-order valence-corrected chi connectivity index (χ1v) is 12.8. The fourth-order valence-corrected chi connectivity index (χ4v) is 5.93. The van der Waals surface area contributed by atoms with Crippen molar-refractivity contribution in [1.29, 1.82) is 0 Å². The third-order valence-corrected chi connectivity index (χ3v) is 7.72. The average Bonchev–Trinajstić information content (AvgIpc) is 3.58. The van der Waals surface area contributed by atoms with Gasteiger partial charge in [-0.2, -0.15) is 5.10 Å². The van der Waals surface area contributed by atoms with E-state index in [2.05, 4.69) is 20.6 Å². The number of hydrogen-bond acceptors (Lipinski definition) is 11. The highest BCUT2D eigenvalue weighted by molar-refractivity contribution is 8.00. The average molecular weight is 614 g/mol. The molecule has 0 radical (unpaired) electrons. The number of aromatic nitrogens is 4. The number of carboxylic acid groups (broad SMARTS) is 1. The second kappa shape index (κ2) is 12.5. The third-order valence-electron chi connectivity index (χ3n) is 5.71. The number of oxime groups is 1. The first kappa shape index (κ1) is 29.9. The Morgan fingerprint density at radius 2 is 2.08 bits per heavy atom. The van der Waals surface area contributed by atoms with E-state index in [1.165, 1.54) is 18.9 Å². The van der Waals surface area contributed by atoms with E-state index < -0.39 is 29.2 Å². The number of anilines is 1. The zero-order valence-corrected chi connectivity index (χ0v) is 23.4. The highest BCUT2D eigenvalue weighted by atomic mass is 35.5. The van der Waals surface area contributed by atoms with Crippen LogP contribution < -0.4 is 20.7 Å². The summed E-state index contributed by atoms with van der Waals surface area (Å²) in [5, 5.41) is 23.8. The molecule has 2 atom stereocenters. The number of amides is 2. The largest absolute Gasteiger partial charge is 0.543 e. The quantitative estimate of drug-likeness (QED) is 0.147. The number of β-lactam (4-membered cyclic amide) rings is 1. The Kier molecular flexibility index (Phi) is 9.55. The summed E-state index contributed by atoms with van der Waals surface area (Å²) in [6.07, 6.45) is 7.09. The second-order valence-electron chi connectivity index (χ2n) is 7.97. The van der Waals surface area contributed by atoms with E-state index in [0.29, 0.717) is 11.3 Å². The minimum absolute atomic E-state index is 0. The molecule has 3 aromatic heterocycles. The van der Waals surface area contributed by atoms with Crippen LogP contribution >= 0.6 is 47.9 Å². The number of thiazole rings is 1. The molecule has 5 rings (SSSR count). The van der Waals surface area contributed by atoms with Gasteiger partial charge in [0.05, 0.1) is 17.4 Å². The maximum absolute atomic E-state index is 13.0. The van der Waals surface area contributed by atoms with Crippen molar-refractivity contribution in [2.45, 2.75) is 18.0 Å². The van der Waals surface area contributed by atoms with Gasteiger partial charge in [-0.25, -0.2) is 14.2 Å². The molecule has 3 aromatic rings. The molecule has 0 aromatic carbocycles. The molecular weight excluding hydrogens is 591 g/mol. The Balaban J connectivity index is 0.00000210. The monoisotopic (exact) mass is 612 g/mol. The number of hydrogen-bond donors (Lipinski definition) is 2. The summed E-state index contributed by atoms with van der Waals surface area (Å²) in [5.41, 5.74) is 6.90. The molecule has 39 heavy (non-hydrogen) atoms. The Bertz CT molecular complexity index is 1430. The molecule has 0 saturated carbocycles. The predicted molar refractivity (Wildman–Crippen MR) is 145 cm³/mol. The maximum Gasteiger partial charge on any atom is 0.276 e. The number of halogens is 2. The highest BCUT2D eigenvalue weighted by Gasteiger charge is 2.53. The van der Waals surface area contributed by atoms with E-state index >= 15 is 0 Å². The Morgan fingerprint density at radius 1 is 1.33 bits per heavy atom. The van der Waals surface area contributed by atoms with Gasteiger partial charge >= 0.3 is 0 Å². The van der Waals surface area contributed by atoms with Crippen LogP contribution in [-0.4, -0.2) is 67.4 Å². The molecule has 1 saturated heterocycles. The van der Waals surface area contributed by atoms with Crippen LogP contribution in [0.1, 0.15) is 5.69 Å². The Morgan fingerprint density at radius 3 is 2.67 bits per heavy atom. The summed E-state index contributed by atoms with van der Waals surface area (Å²) >= 11 is 2.47. The number of aliphatic carboxylic acids is 1. The minimum Gasteiger partial charge on any atom is -0.543 e. The summed E-state index contributed by atoms with van der Waals surface area (Å²) < 4.78 is 3.51. The van der Waals surface area contributed by atoms with Crippen LogP contribution in [0.25, 0.3) is 5.69 Å². The molecule has 0 spiro atoms. The van der Waals surface area contributed by atoms with E-state index in [1.807, 2.05) is 29.0 Å². The second-order valence-corrected chi connectivity index (χ2v) is 9.97. The lowest BCUT2D eigenvalue weighted by atomic mass is 10.0. The molecule has 0 aliphatic carbocycles. The summed E-state index contributed by atoms with van der Waals surface area (Å²) in [6, 6.07) is 4.56. The summed E-state index contributed by atoms with van der Waals surface area (Å²) in [6.45, 7) is 0.249. The number of nitrogens with one attached hydrogen (secondary N) is 1. The van der Waals surface area contributed by atoms with Gasteiger partial charge in [-0.05, 0) is 6.07 Å². The molecule has 206 valence electrons. The van der Waals surface area contributed by atoms with Gasteiger partial charge in [-0.1, -0.05) is 5.16 Å². The lowest BCUT2D eigenvalue weighted by Gasteiger charge is -2.50. The van der Waals surface area contributed by atoms with Crippen LogP contribution in [0.3, 0.4) is 0 Å². The van der Waals surface area contributed by atoms with E-state index in [9.17, 15) is 19.5 Å². The fourth-order valence-electron chi connectivity index (χ4n) is 4.04. The van der Waals surface area contributed by atoms with E-state index in [-0.39, 0.29) is 53.6 Å². The molecule has 2 aliphatic rings. The van der Waals surface area contributed by atoms with Gasteiger partial charge in [-0.3, -0.25) is 14.5 Å². The van der Waals surface area contributed by atoms with Crippen LogP contribution in [0.15, 0.2) is 64.8 Å². The topological polar surface area (TPSA) is 172 Å². The molecule has 0 unspecified atom stereocenters. The lowest BCUT2D eigenvalue weighted by molar-refractivity contribution is -0.689. The molecule has 3 N–H and O–H groups in total. The number of rotatable bonds is 8. The molecule has 1 fully saturated rings. The number of fused-ring (bicyclic) bond motifs is 1. The number of nitrogen functional groups attached to an aromatic ring is 1. The normalized spacial score (nSPS) is 18.3. The van der Waals surface area contributed by atoms with Crippen molar-refractivity contribution >= 4 is 76.5 Å². The number of carboxylic acids is 1. The first-order chi connectivity index (χ1) is 17.9. The zero-order chi connectivity index (χ0) is 26.1. The van der Waals surface area contributed by atoms with Gasteiger partial charge in [0.25, 0.3) is 11.8 Å². The van der Waals surface area contributed by atoms with E-state index in [1.54, 1.807) is 28.7 Å². The van der Waals surface area contributed by atoms with Crippen molar-refractivity contribution in [1.82, 2.24) is 25.0 Å². The van der Waals surface area contributed by atoms with Crippen molar-refractivity contribution < 1.29 is 28.9 Å². The van der Waals surface area contributed by atoms with Crippen LogP contribution in [0.4, 0.5) is 5.13 Å². The van der Waals surface area contributed by atoms with Gasteiger partial charge in [0.15, 0.2) is 29.8 Å². The highest BCUT2D eigenvalue weighted by Crippen LogP contribution is 2.40. The fraction of sp³-hybridized carbons (Fsp3) is 0.227. The smallest absolute Gasteiger partial charge is 0.276 e. The lowest BCUT2D eigenvalue weighted by Crippen LogP contribution is -2.71. The molecule has 2 amide bonds. The first-order valence-electron chi connectivity index (χ1n) is 10.9. The predicted octanol–water partition coefficient (Wildman–Crippen LogP) is -0.503. The minimum atomic E-state index is -1.45. The van der Waals surface area contributed by atoms with Crippen molar-refractivity contribution in [3.05, 3.63) is 65.3 Å². The number of carbonyl (C=O) groups is 3. The zero-order valence-electron chi connectivity index (χ0n) is 20.1. The number of nitrogens with zero attached hydrogens (tertiary/aromatic N) is 6. The molecule has 17 heteroatoms. The van der Waals surface area contributed by atoms with Gasteiger partial charge in [0.2, 0.25) is 0 Å². The van der Waals surface area contributed by atoms with Crippen molar-refractivity contribution in [2.24, 2.45) is 5.16 Å². The summed E-state index contributed by atoms with van der Waals surface area (Å²) in [5.74, 6) is -2.37.